The van der Waals surface area contributed by atoms with Gasteiger partial charge in [-0.1, -0.05) is 30.3 Å². The highest BCUT2D eigenvalue weighted by Crippen LogP contribution is 2.39. The molecule has 0 unspecified atom stereocenters. The average molecular weight is 242 g/mol. The molecule has 1 aromatic rings. The van der Waals surface area contributed by atoms with E-state index in [9.17, 15) is 9.59 Å². The monoisotopic (exact) mass is 242 g/mol. The topological polar surface area (TPSA) is 43.4 Å². The summed E-state index contributed by atoms with van der Waals surface area (Å²) in [6, 6.07) is 9.74. The van der Waals surface area contributed by atoms with Crippen LogP contribution in [0.15, 0.2) is 41.7 Å². The summed E-state index contributed by atoms with van der Waals surface area (Å²) in [5, 5.41) is 0. The van der Waals surface area contributed by atoms with Crippen LogP contribution in [0.2, 0.25) is 0 Å². The molecule has 1 aromatic carbocycles. The maximum atomic E-state index is 12.1. The lowest BCUT2D eigenvalue weighted by Gasteiger charge is -2.29. The van der Waals surface area contributed by atoms with Gasteiger partial charge < -0.3 is 4.74 Å². The van der Waals surface area contributed by atoms with Crippen LogP contribution in [0.1, 0.15) is 37.2 Å². The van der Waals surface area contributed by atoms with E-state index in [0.29, 0.717) is 18.6 Å². The van der Waals surface area contributed by atoms with Gasteiger partial charge in [-0.3, -0.25) is 9.59 Å². The second kappa shape index (κ2) is 4.41. The van der Waals surface area contributed by atoms with Crippen LogP contribution in [0, 0.1) is 0 Å². The Hall–Kier alpha value is -1.90. The number of ketones is 1. The van der Waals surface area contributed by atoms with Crippen LogP contribution in [-0.4, -0.2) is 11.8 Å². The van der Waals surface area contributed by atoms with Gasteiger partial charge in [-0.15, -0.1) is 0 Å². The molecule has 0 amide bonds. The van der Waals surface area contributed by atoms with Gasteiger partial charge in [0, 0.05) is 24.3 Å². The van der Waals surface area contributed by atoms with Gasteiger partial charge in [-0.25, -0.2) is 0 Å². The summed E-state index contributed by atoms with van der Waals surface area (Å²) in [7, 11) is 0. The van der Waals surface area contributed by atoms with E-state index >= 15 is 0 Å². The quantitative estimate of drug-likeness (QED) is 0.711. The van der Waals surface area contributed by atoms with Crippen molar-refractivity contribution >= 4 is 11.8 Å². The van der Waals surface area contributed by atoms with Crippen molar-refractivity contribution in [1.82, 2.24) is 0 Å². The predicted octanol–water partition coefficient (Wildman–Crippen LogP) is 2.72. The Morgan fingerprint density at radius 2 is 1.83 bits per heavy atom. The van der Waals surface area contributed by atoms with Crippen LogP contribution in [0.4, 0.5) is 0 Å². The SMILES string of the molecule is O=C1C[C@@H](c2ccccc2)C2=C(CCCC2=O)O1. The Morgan fingerprint density at radius 3 is 2.61 bits per heavy atom. The molecule has 0 saturated heterocycles. The molecule has 0 saturated carbocycles. The molecule has 0 fully saturated rings. The van der Waals surface area contributed by atoms with Gasteiger partial charge in [-0.2, -0.15) is 0 Å². The van der Waals surface area contributed by atoms with Crippen molar-refractivity contribution in [3.8, 4) is 0 Å². The van der Waals surface area contributed by atoms with Crippen LogP contribution in [-0.2, 0) is 14.3 Å². The number of Topliss-reactive ketones (excluding diaryl/α,β-unsaturated/α-hetero) is 1. The molecule has 0 radical (unpaired) electrons. The Labute approximate surface area is 105 Å². The molecule has 18 heavy (non-hydrogen) atoms. The lowest BCUT2D eigenvalue weighted by atomic mass is 9.79. The minimum atomic E-state index is -0.225. The van der Waals surface area contributed by atoms with Crippen molar-refractivity contribution in [2.75, 3.05) is 0 Å². The lowest BCUT2D eigenvalue weighted by Crippen LogP contribution is -2.27. The van der Waals surface area contributed by atoms with Gasteiger partial charge in [0.2, 0.25) is 0 Å². The molecular formula is C15H14O3. The highest BCUT2D eigenvalue weighted by atomic mass is 16.5. The van der Waals surface area contributed by atoms with Crippen LogP contribution in [0.3, 0.4) is 0 Å². The second-order valence-corrected chi connectivity index (χ2v) is 4.76. The fourth-order valence-electron chi connectivity index (χ4n) is 2.75. The molecule has 3 rings (SSSR count). The molecule has 0 N–H and O–H groups in total. The number of benzene rings is 1. The van der Waals surface area contributed by atoms with Gasteiger partial charge in [0.1, 0.15) is 5.76 Å². The molecule has 1 aliphatic heterocycles. The maximum Gasteiger partial charge on any atom is 0.311 e. The fraction of sp³-hybridized carbons (Fsp3) is 0.333. The number of hydrogen-bond acceptors (Lipinski definition) is 3. The molecule has 1 aliphatic carbocycles. The largest absolute Gasteiger partial charge is 0.431 e. The average Bonchev–Trinajstić information content (AvgIpc) is 2.39. The van der Waals surface area contributed by atoms with Crippen molar-refractivity contribution in [3.63, 3.8) is 0 Å². The first kappa shape index (κ1) is 11.2. The number of hydrogen-bond donors (Lipinski definition) is 0. The summed E-state index contributed by atoms with van der Waals surface area (Å²) in [4.78, 5) is 23.7. The minimum absolute atomic E-state index is 0.116. The Kier molecular flexibility index (Phi) is 2.74. The van der Waals surface area contributed by atoms with E-state index in [1.54, 1.807) is 0 Å². The fourth-order valence-corrected chi connectivity index (χ4v) is 2.75. The summed E-state index contributed by atoms with van der Waals surface area (Å²) < 4.78 is 5.23. The molecule has 2 aliphatic rings. The molecule has 1 heterocycles. The highest BCUT2D eigenvalue weighted by molar-refractivity contribution is 6.00. The summed E-state index contributed by atoms with van der Waals surface area (Å²) >= 11 is 0. The summed E-state index contributed by atoms with van der Waals surface area (Å²) in [5.41, 5.74) is 1.75. The lowest BCUT2D eigenvalue weighted by molar-refractivity contribution is -0.142. The number of esters is 1. The van der Waals surface area contributed by atoms with Crippen LogP contribution in [0.25, 0.3) is 0 Å². The summed E-state index contributed by atoms with van der Waals surface area (Å²) in [6.07, 6.45) is 2.33. The van der Waals surface area contributed by atoms with Gasteiger partial charge in [-0.05, 0) is 12.0 Å². The molecular weight excluding hydrogens is 228 g/mol. The first-order chi connectivity index (χ1) is 8.75. The highest BCUT2D eigenvalue weighted by Gasteiger charge is 2.36. The molecule has 3 heteroatoms. The summed E-state index contributed by atoms with van der Waals surface area (Å²) in [5.74, 6) is 0.404. The van der Waals surface area contributed by atoms with Crippen LogP contribution >= 0.6 is 0 Å². The number of carbonyl (C=O) groups is 2. The van der Waals surface area contributed by atoms with Crippen molar-refractivity contribution in [2.45, 2.75) is 31.6 Å². The second-order valence-electron chi connectivity index (χ2n) is 4.76. The van der Waals surface area contributed by atoms with Gasteiger partial charge >= 0.3 is 5.97 Å². The molecule has 92 valence electrons. The molecule has 0 spiro atoms. The zero-order chi connectivity index (χ0) is 12.5. The Balaban J connectivity index is 2.07. The number of carbonyl (C=O) groups excluding carboxylic acids is 2. The third-order valence-corrected chi connectivity index (χ3v) is 3.57. The smallest absolute Gasteiger partial charge is 0.311 e. The minimum Gasteiger partial charge on any atom is -0.431 e. The number of allylic oxidation sites excluding steroid dienone is 2. The van der Waals surface area contributed by atoms with E-state index in [-0.39, 0.29) is 24.1 Å². The van der Waals surface area contributed by atoms with E-state index in [4.69, 9.17) is 4.74 Å². The standard InChI is InChI=1S/C15H14O3/c16-12-7-4-8-13-15(12)11(9-14(17)18-13)10-5-2-1-3-6-10/h1-3,5-6,11H,4,7-9H2/t11-/m0/s1. The van der Waals surface area contributed by atoms with Crippen LogP contribution < -0.4 is 0 Å². The van der Waals surface area contributed by atoms with Gasteiger partial charge in [0.15, 0.2) is 5.78 Å². The Bertz CT molecular complexity index is 528. The van der Waals surface area contributed by atoms with Gasteiger partial charge in [0.05, 0.1) is 6.42 Å². The first-order valence-corrected chi connectivity index (χ1v) is 6.27. The normalized spacial score (nSPS) is 23.7. The summed E-state index contributed by atoms with van der Waals surface area (Å²) in [6.45, 7) is 0. The molecule has 0 aromatic heterocycles. The number of rotatable bonds is 1. The molecule has 1 atom stereocenters. The van der Waals surface area contributed by atoms with Crippen molar-refractivity contribution in [3.05, 3.63) is 47.2 Å². The van der Waals surface area contributed by atoms with E-state index in [1.807, 2.05) is 30.3 Å². The third-order valence-electron chi connectivity index (χ3n) is 3.57. The third kappa shape index (κ3) is 1.86. The maximum absolute atomic E-state index is 12.1. The zero-order valence-corrected chi connectivity index (χ0v) is 10.0. The van der Waals surface area contributed by atoms with E-state index in [2.05, 4.69) is 0 Å². The van der Waals surface area contributed by atoms with Crippen molar-refractivity contribution in [2.24, 2.45) is 0 Å². The van der Waals surface area contributed by atoms with Crippen LogP contribution in [0.5, 0.6) is 0 Å². The zero-order valence-electron chi connectivity index (χ0n) is 10.0. The van der Waals surface area contributed by atoms with Crippen molar-refractivity contribution in [1.29, 1.82) is 0 Å². The van der Waals surface area contributed by atoms with E-state index in [0.717, 1.165) is 17.6 Å². The molecule has 3 nitrogen and oxygen atoms in total. The molecule has 0 bridgehead atoms. The van der Waals surface area contributed by atoms with E-state index < -0.39 is 0 Å². The van der Waals surface area contributed by atoms with E-state index in [1.165, 1.54) is 0 Å². The number of ether oxygens (including phenoxy) is 1. The Morgan fingerprint density at radius 1 is 1.06 bits per heavy atom. The first-order valence-electron chi connectivity index (χ1n) is 6.27. The predicted molar refractivity (Wildman–Crippen MR) is 65.8 cm³/mol. The van der Waals surface area contributed by atoms with Crippen molar-refractivity contribution < 1.29 is 14.3 Å². The van der Waals surface area contributed by atoms with Gasteiger partial charge in [0.25, 0.3) is 0 Å².